The smallest absolute Gasteiger partial charge is 0.370 e. The highest BCUT2D eigenvalue weighted by molar-refractivity contribution is 5.48. The Hall–Kier alpha value is -1.53. The molecule has 1 aromatic heterocycles. The molecule has 0 aliphatic carbocycles. The molecular weight excluding hydrogens is 269 g/mol. The zero-order valence-corrected chi connectivity index (χ0v) is 11.5. The number of hydrogen-bond acceptors (Lipinski definition) is 4. The Balaban J connectivity index is 2.07. The van der Waals surface area contributed by atoms with Crippen LogP contribution in [-0.4, -0.2) is 35.8 Å². The summed E-state index contributed by atoms with van der Waals surface area (Å²) in [6.07, 6.45) is -1.04. The molecule has 0 bridgehead atoms. The zero-order valence-electron chi connectivity index (χ0n) is 11.5. The molecule has 0 amide bonds. The number of aromatic nitrogens is 2. The lowest BCUT2D eigenvalue weighted by Crippen LogP contribution is -2.42. The van der Waals surface area contributed by atoms with Gasteiger partial charge in [0, 0.05) is 25.7 Å². The Labute approximate surface area is 116 Å². The number of alkyl halides is 3. The van der Waals surface area contributed by atoms with Gasteiger partial charge < -0.3 is 10.2 Å². The van der Waals surface area contributed by atoms with E-state index in [1.807, 2.05) is 6.92 Å². The molecule has 1 aromatic rings. The van der Waals surface area contributed by atoms with Crippen molar-refractivity contribution >= 4 is 11.6 Å². The number of anilines is 2. The molecule has 7 heteroatoms. The highest BCUT2D eigenvalue weighted by atomic mass is 19.4. The van der Waals surface area contributed by atoms with Gasteiger partial charge in [0.05, 0.1) is 5.92 Å². The minimum Gasteiger partial charge on any atom is -0.370 e. The van der Waals surface area contributed by atoms with E-state index in [0.29, 0.717) is 24.6 Å². The van der Waals surface area contributed by atoms with Crippen molar-refractivity contribution in [3.8, 4) is 0 Å². The highest BCUT2D eigenvalue weighted by Gasteiger charge is 2.42. The van der Waals surface area contributed by atoms with Crippen LogP contribution in [0, 0.1) is 5.92 Å². The van der Waals surface area contributed by atoms with E-state index in [4.69, 9.17) is 0 Å². The molecule has 1 N–H and O–H groups in total. The van der Waals surface area contributed by atoms with Crippen LogP contribution in [0.2, 0.25) is 0 Å². The number of piperidine rings is 1. The minimum atomic E-state index is -4.13. The SMILES string of the molecule is CCCNc1cc(N2CCCC(C(F)(F)F)C2)ncn1. The van der Waals surface area contributed by atoms with Gasteiger partial charge in [-0.3, -0.25) is 0 Å². The fraction of sp³-hybridized carbons (Fsp3) is 0.692. The van der Waals surface area contributed by atoms with Crippen LogP contribution in [0.4, 0.5) is 24.8 Å². The molecule has 1 fully saturated rings. The maximum Gasteiger partial charge on any atom is 0.393 e. The Kier molecular flexibility index (Phi) is 4.67. The maximum atomic E-state index is 12.8. The predicted octanol–water partition coefficient (Wildman–Crippen LogP) is 3.08. The van der Waals surface area contributed by atoms with Crippen molar-refractivity contribution in [2.75, 3.05) is 29.9 Å². The minimum absolute atomic E-state index is 0.0201. The number of halogens is 3. The second-order valence-corrected chi connectivity index (χ2v) is 5.02. The molecule has 1 saturated heterocycles. The quantitative estimate of drug-likeness (QED) is 0.924. The normalized spacial score (nSPS) is 20.0. The van der Waals surface area contributed by atoms with Gasteiger partial charge in [-0.25, -0.2) is 9.97 Å². The van der Waals surface area contributed by atoms with E-state index in [9.17, 15) is 13.2 Å². The summed E-state index contributed by atoms with van der Waals surface area (Å²) in [5.41, 5.74) is 0. The van der Waals surface area contributed by atoms with Crippen molar-refractivity contribution < 1.29 is 13.2 Å². The van der Waals surface area contributed by atoms with Crippen molar-refractivity contribution in [2.45, 2.75) is 32.4 Å². The molecule has 4 nitrogen and oxygen atoms in total. The first-order chi connectivity index (χ1) is 9.50. The lowest BCUT2D eigenvalue weighted by Gasteiger charge is -2.34. The maximum absolute atomic E-state index is 12.8. The van der Waals surface area contributed by atoms with Crippen LogP contribution >= 0.6 is 0 Å². The van der Waals surface area contributed by atoms with E-state index in [1.54, 1.807) is 11.0 Å². The molecule has 20 heavy (non-hydrogen) atoms. The van der Waals surface area contributed by atoms with E-state index in [2.05, 4.69) is 15.3 Å². The fourth-order valence-corrected chi connectivity index (χ4v) is 2.32. The van der Waals surface area contributed by atoms with Crippen LogP contribution in [0.5, 0.6) is 0 Å². The third-order valence-electron chi connectivity index (χ3n) is 3.42. The van der Waals surface area contributed by atoms with Crippen molar-refractivity contribution in [1.29, 1.82) is 0 Å². The second-order valence-electron chi connectivity index (χ2n) is 5.02. The van der Waals surface area contributed by atoms with E-state index in [-0.39, 0.29) is 13.0 Å². The van der Waals surface area contributed by atoms with E-state index < -0.39 is 12.1 Å². The second kappa shape index (κ2) is 6.28. The standard InChI is InChI=1S/C13H19F3N4/c1-2-5-17-11-7-12(19-9-18-11)20-6-3-4-10(8-20)13(14,15)16/h7,9-10H,2-6,8H2,1H3,(H,17,18,19). The van der Waals surface area contributed by atoms with Crippen molar-refractivity contribution in [2.24, 2.45) is 5.92 Å². The van der Waals surface area contributed by atoms with Gasteiger partial charge in [-0.05, 0) is 19.3 Å². The van der Waals surface area contributed by atoms with Crippen LogP contribution in [0.25, 0.3) is 0 Å². The van der Waals surface area contributed by atoms with Gasteiger partial charge in [0.15, 0.2) is 0 Å². The van der Waals surface area contributed by atoms with Crippen LogP contribution in [0.15, 0.2) is 12.4 Å². The Morgan fingerprint density at radius 3 is 2.90 bits per heavy atom. The molecule has 0 aromatic carbocycles. The van der Waals surface area contributed by atoms with Crippen molar-refractivity contribution in [3.05, 3.63) is 12.4 Å². The van der Waals surface area contributed by atoms with Gasteiger partial charge >= 0.3 is 6.18 Å². The summed E-state index contributed by atoms with van der Waals surface area (Å²) in [5.74, 6) is -0.0446. The molecular formula is C13H19F3N4. The third-order valence-corrected chi connectivity index (χ3v) is 3.42. The number of nitrogens with zero attached hydrogens (tertiary/aromatic N) is 3. The average molecular weight is 288 g/mol. The van der Waals surface area contributed by atoms with Crippen molar-refractivity contribution in [1.82, 2.24) is 9.97 Å². The molecule has 2 rings (SSSR count). The predicted molar refractivity (Wildman–Crippen MR) is 71.8 cm³/mol. The summed E-state index contributed by atoms with van der Waals surface area (Å²) >= 11 is 0. The lowest BCUT2D eigenvalue weighted by molar-refractivity contribution is -0.176. The number of rotatable bonds is 4. The van der Waals surface area contributed by atoms with Crippen LogP contribution in [0.3, 0.4) is 0 Å². The highest BCUT2D eigenvalue weighted by Crippen LogP contribution is 2.34. The summed E-state index contributed by atoms with van der Waals surface area (Å²) in [5, 5.41) is 3.12. The molecule has 1 atom stereocenters. The monoisotopic (exact) mass is 288 g/mol. The molecule has 1 aliphatic heterocycles. The molecule has 1 unspecified atom stereocenters. The average Bonchev–Trinajstić information content (AvgIpc) is 2.45. The summed E-state index contributed by atoms with van der Waals surface area (Å²) in [7, 11) is 0. The largest absolute Gasteiger partial charge is 0.393 e. The van der Waals surface area contributed by atoms with Crippen molar-refractivity contribution in [3.63, 3.8) is 0 Å². The molecule has 0 spiro atoms. The molecule has 0 radical (unpaired) electrons. The van der Waals surface area contributed by atoms with Gasteiger partial charge in [-0.15, -0.1) is 0 Å². The molecule has 0 saturated carbocycles. The van der Waals surface area contributed by atoms with Crippen LogP contribution < -0.4 is 10.2 Å². The Morgan fingerprint density at radius 2 is 2.20 bits per heavy atom. The number of nitrogens with one attached hydrogen (secondary N) is 1. The number of hydrogen-bond donors (Lipinski definition) is 1. The van der Waals surface area contributed by atoms with E-state index in [1.165, 1.54) is 6.33 Å². The summed E-state index contributed by atoms with van der Waals surface area (Å²) in [6, 6.07) is 1.72. The summed E-state index contributed by atoms with van der Waals surface area (Å²) < 4.78 is 38.4. The Bertz CT molecular complexity index is 436. The zero-order chi connectivity index (χ0) is 14.6. The fourth-order valence-electron chi connectivity index (χ4n) is 2.32. The van der Waals surface area contributed by atoms with Gasteiger partial charge in [0.1, 0.15) is 18.0 Å². The lowest BCUT2D eigenvalue weighted by atomic mass is 9.97. The van der Waals surface area contributed by atoms with E-state index in [0.717, 1.165) is 13.0 Å². The molecule has 112 valence electrons. The first-order valence-corrected chi connectivity index (χ1v) is 6.88. The molecule has 2 heterocycles. The van der Waals surface area contributed by atoms with Gasteiger partial charge in [-0.2, -0.15) is 13.2 Å². The summed E-state index contributed by atoms with van der Waals surface area (Å²) in [4.78, 5) is 9.86. The topological polar surface area (TPSA) is 41.0 Å². The van der Waals surface area contributed by atoms with Gasteiger partial charge in [-0.1, -0.05) is 6.92 Å². The van der Waals surface area contributed by atoms with Crippen LogP contribution in [0.1, 0.15) is 26.2 Å². The summed E-state index contributed by atoms with van der Waals surface area (Å²) in [6.45, 7) is 3.40. The first-order valence-electron chi connectivity index (χ1n) is 6.88. The van der Waals surface area contributed by atoms with Crippen LogP contribution in [-0.2, 0) is 0 Å². The first kappa shape index (κ1) is 14.9. The third kappa shape index (κ3) is 3.74. The van der Waals surface area contributed by atoms with E-state index >= 15 is 0 Å². The van der Waals surface area contributed by atoms with Gasteiger partial charge in [0.25, 0.3) is 0 Å². The Morgan fingerprint density at radius 1 is 1.40 bits per heavy atom. The molecule has 1 aliphatic rings. The van der Waals surface area contributed by atoms with Gasteiger partial charge in [0.2, 0.25) is 0 Å².